The highest BCUT2D eigenvalue weighted by atomic mass is 16.3. The van der Waals surface area contributed by atoms with Gasteiger partial charge in [0.25, 0.3) is 0 Å². The van der Waals surface area contributed by atoms with E-state index in [1.807, 2.05) is 42.5 Å². The first-order valence-corrected chi connectivity index (χ1v) is 21.3. The van der Waals surface area contributed by atoms with Crippen LogP contribution in [0, 0.1) is 0 Å². The van der Waals surface area contributed by atoms with Crippen molar-refractivity contribution in [2.45, 2.75) is 0 Å². The maximum Gasteiger partial charge on any atom is 0.160 e. The van der Waals surface area contributed by atoms with Crippen LogP contribution >= 0.6 is 0 Å². The average molecular weight is 804 g/mol. The largest absolute Gasteiger partial charge is 0.455 e. The molecule has 0 aliphatic rings. The molecule has 12 rings (SSSR count). The number of benzene rings is 9. The molecule has 3 heterocycles. The van der Waals surface area contributed by atoms with Crippen molar-refractivity contribution in [2.75, 3.05) is 0 Å². The average Bonchev–Trinajstić information content (AvgIpc) is 3.76. The molecule has 0 amide bonds. The topological polar surface area (TPSA) is 51.8 Å². The van der Waals surface area contributed by atoms with Crippen LogP contribution in [0.2, 0.25) is 0 Å². The summed E-state index contributed by atoms with van der Waals surface area (Å²) in [4.78, 5) is 15.1. The summed E-state index contributed by atoms with van der Waals surface area (Å²) in [5.74, 6) is 0.710. The zero-order valence-corrected chi connectivity index (χ0v) is 34.1. The van der Waals surface area contributed by atoms with Gasteiger partial charge in [0.15, 0.2) is 5.82 Å². The molecular formula is C59H37N3O. The molecule has 0 atom stereocenters. The minimum atomic E-state index is 0.710. The highest BCUT2D eigenvalue weighted by Crippen LogP contribution is 2.43. The summed E-state index contributed by atoms with van der Waals surface area (Å²) in [5.41, 5.74) is 16.4. The molecule has 0 fully saturated rings. The van der Waals surface area contributed by atoms with Gasteiger partial charge in [-0.05, 0) is 52.1 Å². The quantitative estimate of drug-likeness (QED) is 0.151. The Kier molecular flexibility index (Phi) is 8.79. The van der Waals surface area contributed by atoms with Gasteiger partial charge in [0, 0.05) is 54.7 Å². The molecule has 4 nitrogen and oxygen atoms in total. The first-order chi connectivity index (χ1) is 31.2. The number of fused-ring (bicyclic) bond motifs is 7. The van der Waals surface area contributed by atoms with Gasteiger partial charge in [0.2, 0.25) is 0 Å². The predicted molar refractivity (Wildman–Crippen MR) is 260 cm³/mol. The molecule has 0 spiro atoms. The Morgan fingerprint density at radius 1 is 0.286 bits per heavy atom. The Morgan fingerprint density at radius 3 is 1.46 bits per heavy atom. The molecule has 63 heavy (non-hydrogen) atoms. The van der Waals surface area contributed by atoms with Crippen LogP contribution in [0.15, 0.2) is 229 Å². The lowest BCUT2D eigenvalue weighted by molar-refractivity contribution is 0.674. The van der Waals surface area contributed by atoms with Crippen molar-refractivity contribution in [1.29, 1.82) is 0 Å². The van der Waals surface area contributed by atoms with Crippen molar-refractivity contribution in [3.05, 3.63) is 224 Å². The lowest BCUT2D eigenvalue weighted by Crippen LogP contribution is -1.95. The van der Waals surface area contributed by atoms with Crippen molar-refractivity contribution in [3.8, 4) is 78.5 Å². The molecule has 3 aromatic heterocycles. The lowest BCUT2D eigenvalue weighted by Gasteiger charge is -2.11. The minimum Gasteiger partial charge on any atom is -0.455 e. The Bertz CT molecular complexity index is 3580. The summed E-state index contributed by atoms with van der Waals surface area (Å²) < 4.78 is 6.98. The van der Waals surface area contributed by atoms with E-state index in [9.17, 15) is 0 Å². The van der Waals surface area contributed by atoms with Gasteiger partial charge >= 0.3 is 0 Å². The van der Waals surface area contributed by atoms with Crippen LogP contribution in [-0.2, 0) is 0 Å². The lowest BCUT2D eigenvalue weighted by atomic mass is 9.95. The van der Waals surface area contributed by atoms with E-state index in [0.717, 1.165) is 116 Å². The third-order valence-corrected chi connectivity index (χ3v) is 12.1. The summed E-state index contributed by atoms with van der Waals surface area (Å²) in [6, 6.07) is 78.5. The fourth-order valence-corrected chi connectivity index (χ4v) is 8.96. The van der Waals surface area contributed by atoms with Crippen molar-refractivity contribution in [3.63, 3.8) is 0 Å². The first kappa shape index (κ1) is 36.4. The Labute approximate surface area is 364 Å². The van der Waals surface area contributed by atoms with Crippen LogP contribution in [0.4, 0.5) is 0 Å². The summed E-state index contributed by atoms with van der Waals surface area (Å²) in [7, 11) is 0. The van der Waals surface area contributed by atoms with Crippen LogP contribution in [-0.4, -0.2) is 15.0 Å². The second kappa shape index (κ2) is 15.2. The molecule has 12 aromatic rings. The highest BCUT2D eigenvalue weighted by Gasteiger charge is 2.19. The SMILES string of the molecule is c1ccc(-c2cc(-c3ccc(-c4cccc(-c5ccc(-c6cccc7c6oc6c7ccc7c(-c8ccccc8)nc8ccccc8c76)cc5)c4)cc3)nc(-c3ccccc3)n2)cc1. The van der Waals surface area contributed by atoms with Gasteiger partial charge in [0.05, 0.1) is 22.6 Å². The molecule has 0 unspecified atom stereocenters. The van der Waals surface area contributed by atoms with Gasteiger partial charge in [0.1, 0.15) is 11.2 Å². The smallest absolute Gasteiger partial charge is 0.160 e. The van der Waals surface area contributed by atoms with E-state index in [-0.39, 0.29) is 0 Å². The van der Waals surface area contributed by atoms with Gasteiger partial charge in [-0.2, -0.15) is 0 Å². The molecular weight excluding hydrogens is 767 g/mol. The maximum atomic E-state index is 6.98. The van der Waals surface area contributed by atoms with Crippen molar-refractivity contribution in [2.24, 2.45) is 0 Å². The zero-order valence-electron chi connectivity index (χ0n) is 34.1. The summed E-state index contributed by atoms with van der Waals surface area (Å²) in [6.45, 7) is 0. The fraction of sp³-hybridized carbons (Fsp3) is 0. The van der Waals surface area contributed by atoms with Crippen molar-refractivity contribution < 1.29 is 4.42 Å². The van der Waals surface area contributed by atoms with Gasteiger partial charge in [-0.3, -0.25) is 0 Å². The van der Waals surface area contributed by atoms with E-state index in [4.69, 9.17) is 19.4 Å². The first-order valence-electron chi connectivity index (χ1n) is 21.3. The normalized spacial score (nSPS) is 11.5. The predicted octanol–water partition coefficient (Wildman–Crippen LogP) is 15.7. The van der Waals surface area contributed by atoms with E-state index in [2.05, 4.69) is 182 Å². The molecule has 9 aromatic carbocycles. The Morgan fingerprint density at radius 2 is 0.778 bits per heavy atom. The third-order valence-electron chi connectivity index (χ3n) is 12.1. The third kappa shape index (κ3) is 6.53. The molecule has 0 saturated heterocycles. The Hall–Kier alpha value is -8.47. The van der Waals surface area contributed by atoms with E-state index >= 15 is 0 Å². The number of nitrogens with zero attached hydrogens (tertiary/aromatic N) is 3. The van der Waals surface area contributed by atoms with Crippen LogP contribution in [0.25, 0.3) is 122 Å². The molecule has 0 N–H and O–H groups in total. The second-order valence-corrected chi connectivity index (χ2v) is 15.9. The molecule has 0 saturated carbocycles. The number of hydrogen-bond acceptors (Lipinski definition) is 4. The number of aromatic nitrogens is 3. The van der Waals surface area contributed by atoms with Crippen LogP contribution in [0.3, 0.4) is 0 Å². The molecule has 0 aliphatic heterocycles. The Balaban J connectivity index is 0.873. The fourth-order valence-electron chi connectivity index (χ4n) is 8.96. The van der Waals surface area contributed by atoms with E-state index < -0.39 is 0 Å². The summed E-state index contributed by atoms with van der Waals surface area (Å²) in [6.07, 6.45) is 0. The van der Waals surface area contributed by atoms with E-state index in [1.165, 1.54) is 0 Å². The van der Waals surface area contributed by atoms with Crippen LogP contribution in [0.1, 0.15) is 0 Å². The van der Waals surface area contributed by atoms with Gasteiger partial charge in [-0.25, -0.2) is 15.0 Å². The molecule has 0 radical (unpaired) electrons. The van der Waals surface area contributed by atoms with Crippen LogP contribution < -0.4 is 0 Å². The zero-order chi connectivity index (χ0) is 41.7. The molecule has 294 valence electrons. The van der Waals surface area contributed by atoms with Gasteiger partial charge < -0.3 is 4.42 Å². The van der Waals surface area contributed by atoms with Crippen molar-refractivity contribution >= 4 is 43.6 Å². The number of hydrogen-bond donors (Lipinski definition) is 0. The minimum absolute atomic E-state index is 0.710. The van der Waals surface area contributed by atoms with E-state index in [0.29, 0.717) is 5.82 Å². The van der Waals surface area contributed by atoms with Gasteiger partial charge in [-0.15, -0.1) is 0 Å². The van der Waals surface area contributed by atoms with Gasteiger partial charge in [-0.1, -0.05) is 200 Å². The summed E-state index contributed by atoms with van der Waals surface area (Å²) in [5, 5.41) is 5.45. The molecule has 0 bridgehead atoms. The number of pyridine rings is 1. The number of rotatable bonds is 7. The second-order valence-electron chi connectivity index (χ2n) is 15.9. The molecule has 4 heteroatoms. The number of furan rings is 1. The monoisotopic (exact) mass is 803 g/mol. The maximum absolute atomic E-state index is 6.98. The highest BCUT2D eigenvalue weighted by molar-refractivity contribution is 6.25. The molecule has 0 aliphatic carbocycles. The number of para-hydroxylation sites is 2. The van der Waals surface area contributed by atoms with Crippen molar-refractivity contribution in [1.82, 2.24) is 15.0 Å². The van der Waals surface area contributed by atoms with E-state index in [1.54, 1.807) is 0 Å². The standard InChI is InChI=1S/C59H37N3O/c1-4-14-41(15-5-1)53-37-54(62-59(61-53)44-18-8-3-9-19-44)42-32-28-39(29-33-42)46-21-12-20-45(36-46)38-26-30-40(31-27-38)47-23-13-24-48-49-34-35-51-55(58(49)63-57(47)48)50-22-10-11-25-52(50)60-56(51)43-16-6-2-7-17-43/h1-37H. The summed E-state index contributed by atoms with van der Waals surface area (Å²) >= 11 is 0. The van der Waals surface area contributed by atoms with Crippen LogP contribution in [0.5, 0.6) is 0 Å².